The van der Waals surface area contributed by atoms with E-state index in [2.05, 4.69) is 0 Å². The summed E-state index contributed by atoms with van der Waals surface area (Å²) < 4.78 is 0. The zero-order valence-electron chi connectivity index (χ0n) is 8.25. The first-order chi connectivity index (χ1) is 5.39. The summed E-state index contributed by atoms with van der Waals surface area (Å²) >= 11 is 0. The highest BCUT2D eigenvalue weighted by molar-refractivity contribution is 4.85. The standard InChI is InChI=1S/C9H21NO2/c1-4-9(10,5-7(2)11)6-8(3)12/h7-8,11-12H,4-6,10H2,1-3H3. The highest BCUT2D eigenvalue weighted by Gasteiger charge is 2.26. The van der Waals surface area contributed by atoms with Gasteiger partial charge in [0, 0.05) is 5.54 Å². The van der Waals surface area contributed by atoms with Gasteiger partial charge < -0.3 is 15.9 Å². The molecule has 0 bridgehead atoms. The molecular weight excluding hydrogens is 154 g/mol. The first-order valence-corrected chi connectivity index (χ1v) is 4.54. The van der Waals surface area contributed by atoms with E-state index in [0.717, 1.165) is 6.42 Å². The van der Waals surface area contributed by atoms with Gasteiger partial charge in [0.05, 0.1) is 12.2 Å². The van der Waals surface area contributed by atoms with Crippen molar-refractivity contribution in [3.05, 3.63) is 0 Å². The van der Waals surface area contributed by atoms with Crippen molar-refractivity contribution in [3.63, 3.8) is 0 Å². The van der Waals surface area contributed by atoms with E-state index < -0.39 is 17.7 Å². The maximum Gasteiger partial charge on any atom is 0.0529 e. The molecule has 0 aromatic carbocycles. The Morgan fingerprint density at radius 1 is 1.17 bits per heavy atom. The van der Waals surface area contributed by atoms with Gasteiger partial charge in [0.1, 0.15) is 0 Å². The third-order valence-corrected chi connectivity index (χ3v) is 2.11. The van der Waals surface area contributed by atoms with Crippen molar-refractivity contribution >= 4 is 0 Å². The number of aliphatic hydroxyl groups is 2. The monoisotopic (exact) mass is 175 g/mol. The normalized spacial score (nSPS) is 21.5. The molecule has 74 valence electrons. The molecule has 2 unspecified atom stereocenters. The summed E-state index contributed by atoms with van der Waals surface area (Å²) in [7, 11) is 0. The van der Waals surface area contributed by atoms with Gasteiger partial charge >= 0.3 is 0 Å². The molecule has 0 spiro atoms. The Labute approximate surface area is 74.6 Å². The van der Waals surface area contributed by atoms with Crippen LogP contribution in [-0.2, 0) is 0 Å². The van der Waals surface area contributed by atoms with E-state index in [-0.39, 0.29) is 0 Å². The van der Waals surface area contributed by atoms with Gasteiger partial charge in [-0.15, -0.1) is 0 Å². The van der Waals surface area contributed by atoms with Crippen molar-refractivity contribution in [2.75, 3.05) is 0 Å². The molecule has 2 atom stereocenters. The summed E-state index contributed by atoms with van der Waals surface area (Å²) in [6.07, 6.45) is 1.09. The smallest absolute Gasteiger partial charge is 0.0529 e. The topological polar surface area (TPSA) is 66.5 Å². The van der Waals surface area contributed by atoms with E-state index in [1.807, 2.05) is 6.92 Å². The Morgan fingerprint density at radius 2 is 1.50 bits per heavy atom. The molecule has 12 heavy (non-hydrogen) atoms. The average Bonchev–Trinajstić information content (AvgIpc) is 1.83. The molecule has 0 aromatic heterocycles. The number of hydrogen-bond acceptors (Lipinski definition) is 3. The lowest BCUT2D eigenvalue weighted by Gasteiger charge is -2.30. The summed E-state index contributed by atoms with van der Waals surface area (Å²) in [5.74, 6) is 0. The zero-order valence-corrected chi connectivity index (χ0v) is 8.25. The minimum absolute atomic E-state index is 0.395. The molecule has 0 saturated heterocycles. The molecule has 0 aliphatic carbocycles. The Kier molecular flexibility index (Phi) is 4.75. The van der Waals surface area contributed by atoms with Crippen molar-refractivity contribution in [1.29, 1.82) is 0 Å². The second kappa shape index (κ2) is 4.80. The van der Waals surface area contributed by atoms with Gasteiger partial charge in [-0.05, 0) is 33.1 Å². The summed E-state index contributed by atoms with van der Waals surface area (Å²) in [4.78, 5) is 0. The van der Waals surface area contributed by atoms with Gasteiger partial charge in [-0.25, -0.2) is 0 Å². The van der Waals surface area contributed by atoms with Gasteiger partial charge in [-0.3, -0.25) is 0 Å². The molecule has 3 nitrogen and oxygen atoms in total. The molecule has 0 aliphatic rings. The first-order valence-electron chi connectivity index (χ1n) is 4.54. The molecule has 0 aliphatic heterocycles. The van der Waals surface area contributed by atoms with E-state index in [0.29, 0.717) is 12.8 Å². The second-order valence-electron chi connectivity index (χ2n) is 3.82. The van der Waals surface area contributed by atoms with Crippen LogP contribution in [0.3, 0.4) is 0 Å². The minimum atomic E-state index is -0.414. The van der Waals surface area contributed by atoms with Gasteiger partial charge in [0.15, 0.2) is 0 Å². The molecule has 0 aromatic rings. The van der Waals surface area contributed by atoms with E-state index in [1.165, 1.54) is 0 Å². The summed E-state index contributed by atoms with van der Waals surface area (Å²) in [6.45, 7) is 5.42. The van der Waals surface area contributed by atoms with Crippen LogP contribution < -0.4 is 5.73 Å². The van der Waals surface area contributed by atoms with Crippen LogP contribution in [0.5, 0.6) is 0 Å². The molecule has 0 amide bonds. The number of aliphatic hydroxyl groups excluding tert-OH is 2. The summed E-state index contributed by atoms with van der Waals surface area (Å²) in [6, 6.07) is 0. The second-order valence-corrected chi connectivity index (χ2v) is 3.82. The molecule has 0 radical (unpaired) electrons. The SMILES string of the molecule is CCC(N)(CC(C)O)CC(C)O. The van der Waals surface area contributed by atoms with Crippen molar-refractivity contribution in [2.24, 2.45) is 5.73 Å². The van der Waals surface area contributed by atoms with Crippen LogP contribution in [0.25, 0.3) is 0 Å². The lowest BCUT2D eigenvalue weighted by molar-refractivity contribution is 0.102. The third kappa shape index (κ3) is 4.70. The van der Waals surface area contributed by atoms with Crippen molar-refractivity contribution in [1.82, 2.24) is 0 Å². The average molecular weight is 175 g/mol. The number of nitrogens with two attached hydrogens (primary N) is 1. The fourth-order valence-corrected chi connectivity index (χ4v) is 1.55. The van der Waals surface area contributed by atoms with Crippen LogP contribution >= 0.6 is 0 Å². The fraction of sp³-hybridized carbons (Fsp3) is 1.00. The summed E-state index contributed by atoms with van der Waals surface area (Å²) in [5, 5.41) is 18.3. The molecule has 3 heteroatoms. The van der Waals surface area contributed by atoms with Crippen LogP contribution in [0.4, 0.5) is 0 Å². The largest absolute Gasteiger partial charge is 0.393 e. The Bertz CT molecular complexity index is 114. The van der Waals surface area contributed by atoms with Gasteiger partial charge in [-0.2, -0.15) is 0 Å². The number of hydrogen-bond donors (Lipinski definition) is 3. The van der Waals surface area contributed by atoms with Crippen LogP contribution in [0.2, 0.25) is 0 Å². The molecule has 0 heterocycles. The lowest BCUT2D eigenvalue weighted by atomic mass is 9.85. The van der Waals surface area contributed by atoms with Gasteiger partial charge in [0.2, 0.25) is 0 Å². The number of rotatable bonds is 5. The predicted octanol–water partition coefficient (Wildman–Crippen LogP) is 0.636. The third-order valence-electron chi connectivity index (χ3n) is 2.11. The maximum absolute atomic E-state index is 9.17. The first kappa shape index (κ1) is 11.9. The van der Waals surface area contributed by atoms with E-state index in [9.17, 15) is 10.2 Å². The maximum atomic E-state index is 9.17. The van der Waals surface area contributed by atoms with Crippen LogP contribution in [0.1, 0.15) is 40.0 Å². The zero-order chi connectivity index (χ0) is 9.78. The molecular formula is C9H21NO2. The quantitative estimate of drug-likeness (QED) is 0.574. The molecule has 0 saturated carbocycles. The molecule has 4 N–H and O–H groups in total. The van der Waals surface area contributed by atoms with Gasteiger partial charge in [0.25, 0.3) is 0 Å². The van der Waals surface area contributed by atoms with E-state index in [1.54, 1.807) is 13.8 Å². The van der Waals surface area contributed by atoms with Crippen LogP contribution in [0.15, 0.2) is 0 Å². The van der Waals surface area contributed by atoms with Crippen molar-refractivity contribution in [2.45, 2.75) is 57.8 Å². The predicted molar refractivity (Wildman–Crippen MR) is 49.8 cm³/mol. The fourth-order valence-electron chi connectivity index (χ4n) is 1.55. The Hall–Kier alpha value is -0.120. The van der Waals surface area contributed by atoms with Crippen molar-refractivity contribution < 1.29 is 10.2 Å². The lowest BCUT2D eigenvalue weighted by Crippen LogP contribution is -2.44. The highest BCUT2D eigenvalue weighted by atomic mass is 16.3. The van der Waals surface area contributed by atoms with Crippen LogP contribution in [-0.4, -0.2) is 28.0 Å². The van der Waals surface area contributed by atoms with Crippen LogP contribution in [0, 0.1) is 0 Å². The molecule has 0 rings (SSSR count). The minimum Gasteiger partial charge on any atom is -0.393 e. The molecule has 0 fully saturated rings. The van der Waals surface area contributed by atoms with Gasteiger partial charge in [-0.1, -0.05) is 6.92 Å². The van der Waals surface area contributed by atoms with Crippen molar-refractivity contribution in [3.8, 4) is 0 Å². The Balaban J connectivity index is 4.04. The highest BCUT2D eigenvalue weighted by Crippen LogP contribution is 2.20. The summed E-state index contributed by atoms with van der Waals surface area (Å²) in [5.41, 5.74) is 5.56. The van der Waals surface area contributed by atoms with E-state index in [4.69, 9.17) is 5.73 Å². The Morgan fingerprint density at radius 3 is 1.67 bits per heavy atom. The van der Waals surface area contributed by atoms with E-state index >= 15 is 0 Å².